The van der Waals surface area contributed by atoms with E-state index in [2.05, 4.69) is 41.5 Å². The SMILES string of the molecule is CNC(c1ccc2ncccc2c1)c1c(C)oc(C)c1C. The van der Waals surface area contributed by atoms with Crippen molar-refractivity contribution in [3.8, 4) is 0 Å². The highest BCUT2D eigenvalue weighted by atomic mass is 16.3. The predicted molar refractivity (Wildman–Crippen MR) is 85.6 cm³/mol. The normalized spacial score (nSPS) is 12.8. The van der Waals surface area contributed by atoms with Crippen molar-refractivity contribution in [2.45, 2.75) is 26.8 Å². The summed E-state index contributed by atoms with van der Waals surface area (Å²) in [6, 6.07) is 10.6. The Hall–Kier alpha value is -2.13. The van der Waals surface area contributed by atoms with Crippen LogP contribution in [0.5, 0.6) is 0 Å². The fourth-order valence-corrected chi connectivity index (χ4v) is 2.99. The maximum Gasteiger partial charge on any atom is 0.106 e. The van der Waals surface area contributed by atoms with Gasteiger partial charge in [0.05, 0.1) is 11.6 Å². The van der Waals surface area contributed by atoms with E-state index in [1.54, 1.807) is 0 Å². The van der Waals surface area contributed by atoms with E-state index in [9.17, 15) is 0 Å². The van der Waals surface area contributed by atoms with E-state index in [1.165, 1.54) is 16.7 Å². The second-order valence-corrected chi connectivity index (χ2v) is 5.43. The average Bonchev–Trinajstić information content (AvgIpc) is 2.74. The van der Waals surface area contributed by atoms with Crippen LogP contribution in [0.1, 0.15) is 34.3 Å². The van der Waals surface area contributed by atoms with Gasteiger partial charge in [0.2, 0.25) is 0 Å². The number of furan rings is 1. The van der Waals surface area contributed by atoms with Gasteiger partial charge < -0.3 is 9.73 Å². The van der Waals surface area contributed by atoms with Gasteiger partial charge in [-0.1, -0.05) is 12.1 Å². The third kappa shape index (κ3) is 2.34. The third-order valence-corrected chi connectivity index (χ3v) is 4.16. The molecule has 1 N–H and O–H groups in total. The average molecular weight is 280 g/mol. The molecule has 0 aliphatic heterocycles. The summed E-state index contributed by atoms with van der Waals surface area (Å²) in [5, 5.41) is 4.57. The highest BCUT2D eigenvalue weighted by Crippen LogP contribution is 2.32. The topological polar surface area (TPSA) is 38.1 Å². The van der Waals surface area contributed by atoms with Crippen molar-refractivity contribution in [1.82, 2.24) is 10.3 Å². The van der Waals surface area contributed by atoms with Crippen LogP contribution in [0.25, 0.3) is 10.9 Å². The lowest BCUT2D eigenvalue weighted by atomic mass is 9.94. The lowest BCUT2D eigenvalue weighted by Gasteiger charge is -2.18. The molecule has 1 unspecified atom stereocenters. The van der Waals surface area contributed by atoms with Crippen LogP contribution in [0.15, 0.2) is 40.9 Å². The van der Waals surface area contributed by atoms with Gasteiger partial charge in [-0.25, -0.2) is 0 Å². The summed E-state index contributed by atoms with van der Waals surface area (Å²) in [6.45, 7) is 6.17. The van der Waals surface area contributed by atoms with E-state index in [0.29, 0.717) is 0 Å². The van der Waals surface area contributed by atoms with Crippen molar-refractivity contribution in [1.29, 1.82) is 0 Å². The van der Waals surface area contributed by atoms with Crippen molar-refractivity contribution < 1.29 is 4.42 Å². The number of hydrogen-bond acceptors (Lipinski definition) is 3. The molecular formula is C18H20N2O. The van der Waals surface area contributed by atoms with Gasteiger partial charge in [0.1, 0.15) is 11.5 Å². The number of hydrogen-bond donors (Lipinski definition) is 1. The van der Waals surface area contributed by atoms with E-state index in [4.69, 9.17) is 4.42 Å². The fraction of sp³-hybridized carbons (Fsp3) is 0.278. The minimum atomic E-state index is 0.132. The highest BCUT2D eigenvalue weighted by molar-refractivity contribution is 5.79. The summed E-state index contributed by atoms with van der Waals surface area (Å²) < 4.78 is 5.78. The summed E-state index contributed by atoms with van der Waals surface area (Å²) in [5.74, 6) is 1.97. The van der Waals surface area contributed by atoms with E-state index in [1.807, 2.05) is 33.2 Å². The summed E-state index contributed by atoms with van der Waals surface area (Å²) in [6.07, 6.45) is 1.82. The number of pyridine rings is 1. The van der Waals surface area contributed by atoms with Gasteiger partial charge in [-0.15, -0.1) is 0 Å². The third-order valence-electron chi connectivity index (χ3n) is 4.16. The van der Waals surface area contributed by atoms with Crippen molar-refractivity contribution in [3.63, 3.8) is 0 Å². The van der Waals surface area contributed by atoms with Crippen LogP contribution in [-0.4, -0.2) is 12.0 Å². The van der Waals surface area contributed by atoms with Crippen molar-refractivity contribution in [2.24, 2.45) is 0 Å². The standard InChI is InChI=1S/C18H20N2O/c1-11-12(2)21-13(3)17(11)18(19-4)15-7-8-16-14(10-15)6-5-9-20-16/h5-10,18-19H,1-4H3. The van der Waals surface area contributed by atoms with Gasteiger partial charge >= 0.3 is 0 Å². The summed E-state index contributed by atoms with van der Waals surface area (Å²) in [7, 11) is 1.99. The highest BCUT2D eigenvalue weighted by Gasteiger charge is 2.21. The molecule has 3 nitrogen and oxygen atoms in total. The Balaban J connectivity index is 2.13. The molecule has 0 fully saturated rings. The van der Waals surface area contributed by atoms with Crippen molar-refractivity contribution in [2.75, 3.05) is 7.05 Å². The van der Waals surface area contributed by atoms with E-state index < -0.39 is 0 Å². The van der Waals surface area contributed by atoms with E-state index in [0.717, 1.165) is 22.4 Å². The number of aromatic nitrogens is 1. The molecule has 108 valence electrons. The molecule has 0 aliphatic carbocycles. The monoisotopic (exact) mass is 280 g/mol. The van der Waals surface area contributed by atoms with Crippen LogP contribution in [-0.2, 0) is 0 Å². The summed E-state index contributed by atoms with van der Waals surface area (Å²) in [5.41, 5.74) is 4.70. The molecule has 0 radical (unpaired) electrons. The molecule has 21 heavy (non-hydrogen) atoms. The largest absolute Gasteiger partial charge is 0.466 e. The van der Waals surface area contributed by atoms with Gasteiger partial charge in [-0.2, -0.15) is 0 Å². The Kier molecular flexibility index (Phi) is 3.52. The number of rotatable bonds is 3. The molecule has 2 heterocycles. The van der Waals surface area contributed by atoms with Gasteiger partial charge in [-0.3, -0.25) is 4.98 Å². The first kappa shape index (κ1) is 13.8. The Morgan fingerprint density at radius 3 is 2.57 bits per heavy atom. The molecule has 0 saturated carbocycles. The maximum atomic E-state index is 5.78. The molecule has 1 atom stereocenters. The summed E-state index contributed by atoms with van der Waals surface area (Å²) >= 11 is 0. The van der Waals surface area contributed by atoms with Crippen LogP contribution in [0.4, 0.5) is 0 Å². The Bertz CT molecular complexity index is 789. The minimum Gasteiger partial charge on any atom is -0.466 e. The quantitative estimate of drug-likeness (QED) is 0.786. The van der Waals surface area contributed by atoms with E-state index >= 15 is 0 Å². The zero-order chi connectivity index (χ0) is 15.0. The van der Waals surface area contributed by atoms with Crippen LogP contribution in [0, 0.1) is 20.8 Å². The smallest absolute Gasteiger partial charge is 0.106 e. The fourth-order valence-electron chi connectivity index (χ4n) is 2.99. The predicted octanol–water partition coefficient (Wildman–Crippen LogP) is 4.06. The van der Waals surface area contributed by atoms with Gasteiger partial charge in [0.25, 0.3) is 0 Å². The molecule has 3 rings (SSSR count). The van der Waals surface area contributed by atoms with Crippen LogP contribution >= 0.6 is 0 Å². The first-order chi connectivity index (χ1) is 10.1. The summed E-state index contributed by atoms with van der Waals surface area (Å²) in [4.78, 5) is 4.38. The Morgan fingerprint density at radius 2 is 1.90 bits per heavy atom. The van der Waals surface area contributed by atoms with Gasteiger partial charge in [0.15, 0.2) is 0 Å². The molecule has 3 aromatic rings. The van der Waals surface area contributed by atoms with Gasteiger partial charge in [-0.05, 0) is 57.1 Å². The lowest BCUT2D eigenvalue weighted by Crippen LogP contribution is -2.18. The number of nitrogens with one attached hydrogen (secondary N) is 1. The zero-order valence-corrected chi connectivity index (χ0v) is 12.9. The van der Waals surface area contributed by atoms with Crippen molar-refractivity contribution in [3.05, 3.63) is 64.7 Å². The first-order valence-corrected chi connectivity index (χ1v) is 7.20. The minimum absolute atomic E-state index is 0.132. The molecule has 3 heteroatoms. The van der Waals surface area contributed by atoms with Crippen LogP contribution in [0.3, 0.4) is 0 Å². The Labute approximate surface area is 125 Å². The lowest BCUT2D eigenvalue weighted by molar-refractivity contribution is 0.496. The molecule has 0 bridgehead atoms. The maximum absolute atomic E-state index is 5.78. The second-order valence-electron chi connectivity index (χ2n) is 5.43. The molecule has 1 aromatic carbocycles. The number of benzene rings is 1. The van der Waals surface area contributed by atoms with Crippen LogP contribution in [0.2, 0.25) is 0 Å². The van der Waals surface area contributed by atoms with E-state index in [-0.39, 0.29) is 6.04 Å². The molecule has 0 amide bonds. The molecular weight excluding hydrogens is 260 g/mol. The molecule has 0 aliphatic rings. The molecule has 0 saturated heterocycles. The Morgan fingerprint density at radius 1 is 1.10 bits per heavy atom. The first-order valence-electron chi connectivity index (χ1n) is 7.20. The van der Waals surface area contributed by atoms with Crippen molar-refractivity contribution >= 4 is 10.9 Å². The number of aryl methyl sites for hydroxylation is 2. The zero-order valence-electron chi connectivity index (χ0n) is 12.9. The number of nitrogens with zero attached hydrogens (tertiary/aromatic N) is 1. The molecule has 0 spiro atoms. The second kappa shape index (κ2) is 5.34. The van der Waals surface area contributed by atoms with Gasteiger partial charge in [0, 0.05) is 17.1 Å². The molecule has 2 aromatic heterocycles. The van der Waals surface area contributed by atoms with Crippen LogP contribution < -0.4 is 5.32 Å². The number of fused-ring (bicyclic) bond motifs is 1.